The van der Waals surface area contributed by atoms with E-state index >= 15 is 0 Å². The van der Waals surface area contributed by atoms with Crippen molar-refractivity contribution in [1.29, 1.82) is 0 Å². The molecule has 1 aliphatic carbocycles. The first-order valence-electron chi connectivity index (χ1n) is 10.1. The summed E-state index contributed by atoms with van der Waals surface area (Å²) in [6.45, 7) is 4.67. The van der Waals surface area contributed by atoms with Crippen LogP contribution in [0.4, 0.5) is 0 Å². The fourth-order valence-electron chi connectivity index (χ4n) is 6.11. The number of nitrogens with zero attached hydrogens (tertiary/aromatic N) is 1. The van der Waals surface area contributed by atoms with Gasteiger partial charge in [0.05, 0.1) is 5.54 Å². The Hall–Kier alpha value is -1.61. The molecule has 2 fully saturated rings. The van der Waals surface area contributed by atoms with E-state index in [-0.39, 0.29) is 5.54 Å². The van der Waals surface area contributed by atoms with Crippen LogP contribution in [0.25, 0.3) is 10.9 Å². The Labute approximate surface area is 149 Å². The van der Waals surface area contributed by atoms with E-state index in [4.69, 9.17) is 0 Å². The number of benzene rings is 1. The number of aromatic amines is 1. The van der Waals surface area contributed by atoms with E-state index in [1.54, 1.807) is 5.56 Å². The third-order valence-corrected chi connectivity index (χ3v) is 7.18. The number of hydrogen-bond acceptors (Lipinski definition) is 2. The second-order valence-corrected chi connectivity index (χ2v) is 8.51. The first kappa shape index (κ1) is 15.6. The summed E-state index contributed by atoms with van der Waals surface area (Å²) in [4.78, 5) is 18.7. The molecule has 1 aromatic carbocycles. The van der Waals surface area contributed by atoms with Crippen LogP contribution >= 0.6 is 0 Å². The topological polar surface area (TPSA) is 36.1 Å². The summed E-state index contributed by atoms with van der Waals surface area (Å²) in [6.07, 6.45) is 7.45. The van der Waals surface area contributed by atoms with Gasteiger partial charge in [-0.25, -0.2) is 0 Å². The Kier molecular flexibility index (Phi) is 3.56. The number of piperidine rings is 1. The zero-order chi connectivity index (χ0) is 17.0. The molecule has 3 nitrogen and oxygen atoms in total. The molecule has 5 rings (SSSR count). The second kappa shape index (κ2) is 5.70. The van der Waals surface area contributed by atoms with Crippen LogP contribution in [0, 0.1) is 11.8 Å². The van der Waals surface area contributed by atoms with Crippen molar-refractivity contribution in [2.24, 2.45) is 11.8 Å². The van der Waals surface area contributed by atoms with Crippen molar-refractivity contribution in [3.63, 3.8) is 0 Å². The van der Waals surface area contributed by atoms with Crippen molar-refractivity contribution in [2.75, 3.05) is 13.1 Å². The normalized spacial score (nSPS) is 32.3. The van der Waals surface area contributed by atoms with Gasteiger partial charge in [-0.05, 0) is 49.1 Å². The molecule has 0 radical (unpaired) electrons. The Morgan fingerprint density at radius 3 is 3.00 bits per heavy atom. The maximum Gasteiger partial charge on any atom is 0.133 e. The number of ketones is 1. The van der Waals surface area contributed by atoms with Crippen molar-refractivity contribution >= 4 is 16.7 Å². The molecule has 1 N–H and O–H groups in total. The van der Waals surface area contributed by atoms with Crippen LogP contribution in [0.1, 0.15) is 56.7 Å². The number of carbonyl (C=O) groups excluding carboxylic acids is 1. The van der Waals surface area contributed by atoms with E-state index in [1.165, 1.54) is 42.5 Å². The van der Waals surface area contributed by atoms with E-state index in [9.17, 15) is 4.79 Å². The van der Waals surface area contributed by atoms with Crippen molar-refractivity contribution in [3.05, 3.63) is 35.5 Å². The standard InChI is InChI=1S/C22H28N2O/c1-2-10-22-13-16-12-17(25)8-7-15(16)14-24(22)11-9-19-18-5-3-4-6-20(18)23-21(19)22/h3-6,15-16,23H,2,7-14H2,1H3. The summed E-state index contributed by atoms with van der Waals surface area (Å²) in [7, 11) is 0. The van der Waals surface area contributed by atoms with E-state index < -0.39 is 0 Å². The minimum atomic E-state index is 0.125. The predicted molar refractivity (Wildman–Crippen MR) is 101 cm³/mol. The Balaban J connectivity index is 1.63. The van der Waals surface area contributed by atoms with Gasteiger partial charge in [0, 0.05) is 42.5 Å². The monoisotopic (exact) mass is 336 g/mol. The maximum atomic E-state index is 12.1. The molecule has 0 spiro atoms. The lowest BCUT2D eigenvalue weighted by Gasteiger charge is -2.56. The Bertz CT molecular complexity index is 823. The average molecular weight is 336 g/mol. The Morgan fingerprint density at radius 1 is 1.24 bits per heavy atom. The maximum absolute atomic E-state index is 12.1. The fourth-order valence-corrected chi connectivity index (χ4v) is 6.11. The molecular formula is C22H28N2O. The number of carbonyl (C=O) groups is 1. The highest BCUT2D eigenvalue weighted by molar-refractivity contribution is 5.85. The van der Waals surface area contributed by atoms with Crippen LogP contribution < -0.4 is 0 Å². The van der Waals surface area contributed by atoms with Gasteiger partial charge in [-0.15, -0.1) is 0 Å². The number of H-pyrrole nitrogens is 1. The van der Waals surface area contributed by atoms with E-state index in [0.29, 0.717) is 11.7 Å². The van der Waals surface area contributed by atoms with Crippen LogP contribution in [-0.2, 0) is 16.8 Å². The zero-order valence-electron chi connectivity index (χ0n) is 15.2. The predicted octanol–water partition coefficient (Wildman–Crippen LogP) is 4.41. The van der Waals surface area contributed by atoms with Gasteiger partial charge >= 0.3 is 0 Å². The van der Waals surface area contributed by atoms with Crippen molar-refractivity contribution < 1.29 is 4.79 Å². The lowest BCUT2D eigenvalue weighted by atomic mass is 9.64. The molecule has 1 aromatic heterocycles. The van der Waals surface area contributed by atoms with E-state index in [2.05, 4.69) is 41.1 Å². The summed E-state index contributed by atoms with van der Waals surface area (Å²) < 4.78 is 0. The number of para-hydroxylation sites is 1. The van der Waals surface area contributed by atoms with Crippen LogP contribution in [0.3, 0.4) is 0 Å². The first-order chi connectivity index (χ1) is 12.2. The van der Waals surface area contributed by atoms with Crippen molar-refractivity contribution in [1.82, 2.24) is 9.88 Å². The van der Waals surface area contributed by atoms with Gasteiger partial charge < -0.3 is 4.98 Å². The summed E-state index contributed by atoms with van der Waals surface area (Å²) in [6, 6.07) is 8.78. The quantitative estimate of drug-likeness (QED) is 0.882. The number of rotatable bonds is 2. The zero-order valence-corrected chi connectivity index (χ0v) is 15.2. The van der Waals surface area contributed by atoms with Crippen LogP contribution in [0.5, 0.6) is 0 Å². The molecule has 3 heterocycles. The molecule has 3 unspecified atom stereocenters. The smallest absolute Gasteiger partial charge is 0.133 e. The number of fused-ring (bicyclic) bond motifs is 6. The average Bonchev–Trinajstić information content (AvgIpc) is 3.00. The molecule has 0 bridgehead atoms. The lowest BCUT2D eigenvalue weighted by Crippen LogP contribution is -2.58. The number of hydrogen-bond donors (Lipinski definition) is 1. The van der Waals surface area contributed by atoms with E-state index in [0.717, 1.165) is 38.0 Å². The van der Waals surface area contributed by atoms with Gasteiger partial charge in [0.25, 0.3) is 0 Å². The van der Waals surface area contributed by atoms with Gasteiger partial charge in [-0.3, -0.25) is 9.69 Å². The number of aromatic nitrogens is 1. The van der Waals surface area contributed by atoms with Gasteiger partial charge in [0.15, 0.2) is 0 Å². The minimum absolute atomic E-state index is 0.125. The molecule has 132 valence electrons. The molecular weight excluding hydrogens is 308 g/mol. The summed E-state index contributed by atoms with van der Waals surface area (Å²) >= 11 is 0. The number of nitrogens with one attached hydrogen (secondary N) is 1. The third kappa shape index (κ3) is 2.25. The molecule has 3 aliphatic rings. The summed E-state index contributed by atoms with van der Waals surface area (Å²) in [5.41, 5.74) is 4.42. The first-order valence-corrected chi connectivity index (χ1v) is 10.1. The van der Waals surface area contributed by atoms with Crippen LogP contribution in [0.15, 0.2) is 24.3 Å². The van der Waals surface area contributed by atoms with Gasteiger partial charge in [-0.1, -0.05) is 31.5 Å². The van der Waals surface area contributed by atoms with Gasteiger partial charge in [-0.2, -0.15) is 0 Å². The highest BCUT2D eigenvalue weighted by Crippen LogP contribution is 2.52. The molecule has 2 aliphatic heterocycles. The van der Waals surface area contributed by atoms with E-state index in [1.807, 2.05) is 0 Å². The highest BCUT2D eigenvalue weighted by Gasteiger charge is 2.51. The second-order valence-electron chi connectivity index (χ2n) is 8.51. The van der Waals surface area contributed by atoms with Gasteiger partial charge in [0.2, 0.25) is 0 Å². The Morgan fingerprint density at radius 2 is 2.12 bits per heavy atom. The highest BCUT2D eigenvalue weighted by atomic mass is 16.1. The SMILES string of the molecule is CCCC12CC3CC(=O)CCC3CN1CCc1c2[nH]c2ccccc12. The van der Waals surface area contributed by atoms with Crippen molar-refractivity contribution in [2.45, 2.75) is 57.4 Å². The third-order valence-electron chi connectivity index (χ3n) is 7.18. The van der Waals surface area contributed by atoms with Crippen molar-refractivity contribution in [3.8, 4) is 0 Å². The summed E-state index contributed by atoms with van der Waals surface area (Å²) in [5, 5.41) is 1.41. The number of Topliss-reactive ketones (excluding diaryl/α,β-unsaturated/α-hetero) is 1. The molecule has 0 amide bonds. The molecule has 3 heteroatoms. The van der Waals surface area contributed by atoms with Gasteiger partial charge in [0.1, 0.15) is 5.78 Å². The lowest BCUT2D eigenvalue weighted by molar-refractivity contribution is -0.127. The molecule has 1 saturated carbocycles. The van der Waals surface area contributed by atoms with Crippen LogP contribution in [0.2, 0.25) is 0 Å². The van der Waals surface area contributed by atoms with Crippen LogP contribution in [-0.4, -0.2) is 28.8 Å². The minimum Gasteiger partial charge on any atom is -0.357 e. The molecule has 3 atom stereocenters. The summed E-state index contributed by atoms with van der Waals surface area (Å²) in [5.74, 6) is 1.81. The molecule has 2 aromatic rings. The fraction of sp³-hybridized carbons (Fsp3) is 0.591. The molecule has 1 saturated heterocycles. The molecule has 25 heavy (non-hydrogen) atoms. The largest absolute Gasteiger partial charge is 0.357 e.